The van der Waals surface area contributed by atoms with Gasteiger partial charge in [0, 0.05) is 12.6 Å². The van der Waals surface area contributed by atoms with E-state index in [1.165, 1.54) is 6.92 Å². The van der Waals surface area contributed by atoms with Crippen LogP contribution < -0.4 is 5.32 Å². The molecule has 0 aliphatic rings. The summed E-state index contributed by atoms with van der Waals surface area (Å²) in [6.07, 6.45) is 2.10. The summed E-state index contributed by atoms with van der Waals surface area (Å²) in [5, 5.41) is 2.74. The van der Waals surface area contributed by atoms with E-state index in [1.54, 1.807) is 0 Å². The summed E-state index contributed by atoms with van der Waals surface area (Å²) in [4.78, 5) is 10.8. The van der Waals surface area contributed by atoms with Crippen LogP contribution in [0.3, 0.4) is 0 Å². The summed E-state index contributed by atoms with van der Waals surface area (Å²) in [5.41, 5.74) is 2.00. The second-order valence-electron chi connectivity index (χ2n) is 3.03. The van der Waals surface area contributed by atoms with E-state index in [0.717, 1.165) is 24.1 Å². The maximum atomic E-state index is 10.8. The van der Waals surface area contributed by atoms with Gasteiger partial charge in [0.2, 0.25) is 5.91 Å². The van der Waals surface area contributed by atoms with Crippen molar-refractivity contribution in [2.75, 3.05) is 5.32 Å². The number of hydrogen-bond donors (Lipinski definition) is 1. The Kier molecular flexibility index (Phi) is 3.50. The summed E-state index contributed by atoms with van der Waals surface area (Å²) in [6.45, 7) is 3.63. The van der Waals surface area contributed by atoms with E-state index in [2.05, 4.69) is 18.3 Å². The first-order valence-corrected chi connectivity index (χ1v) is 4.50. The predicted molar refractivity (Wildman–Crippen MR) is 53.6 cm³/mol. The third-order valence-corrected chi connectivity index (χ3v) is 1.70. The molecule has 0 spiro atoms. The van der Waals surface area contributed by atoms with E-state index in [4.69, 9.17) is 0 Å². The van der Waals surface area contributed by atoms with Crippen molar-refractivity contribution in [3.63, 3.8) is 0 Å². The van der Waals surface area contributed by atoms with Crippen LogP contribution in [0, 0.1) is 6.07 Å². The summed E-state index contributed by atoms with van der Waals surface area (Å²) < 4.78 is 0. The van der Waals surface area contributed by atoms with Gasteiger partial charge in [0.05, 0.1) is 0 Å². The molecule has 2 heteroatoms. The number of rotatable bonds is 3. The van der Waals surface area contributed by atoms with Crippen LogP contribution in [0.1, 0.15) is 25.8 Å². The average Bonchev–Trinajstić information content (AvgIpc) is 2.04. The standard InChI is InChI=1S/C11H14NO/c1-3-5-10-6-4-7-11(8-10)12-9(2)13/h4,7-8H,3,5H2,1-2H3,(H,12,13). The first-order valence-electron chi connectivity index (χ1n) is 4.50. The van der Waals surface area contributed by atoms with Crippen molar-refractivity contribution in [1.29, 1.82) is 0 Å². The predicted octanol–water partition coefficient (Wildman–Crippen LogP) is 2.40. The number of aryl methyl sites for hydroxylation is 1. The molecule has 1 amide bonds. The van der Waals surface area contributed by atoms with E-state index in [1.807, 2.05) is 18.2 Å². The van der Waals surface area contributed by atoms with Gasteiger partial charge in [-0.25, -0.2) is 0 Å². The Morgan fingerprint density at radius 1 is 1.62 bits per heavy atom. The van der Waals surface area contributed by atoms with Crippen molar-refractivity contribution >= 4 is 11.6 Å². The van der Waals surface area contributed by atoms with Crippen LogP contribution in [0.4, 0.5) is 5.69 Å². The Morgan fingerprint density at radius 2 is 2.38 bits per heavy atom. The largest absolute Gasteiger partial charge is 0.326 e. The molecule has 0 aromatic heterocycles. The minimum atomic E-state index is -0.0337. The maximum absolute atomic E-state index is 10.8. The molecule has 0 fully saturated rings. The molecule has 0 saturated heterocycles. The van der Waals surface area contributed by atoms with Gasteiger partial charge < -0.3 is 5.32 Å². The van der Waals surface area contributed by atoms with Crippen molar-refractivity contribution in [3.05, 3.63) is 29.8 Å². The quantitative estimate of drug-likeness (QED) is 0.752. The van der Waals surface area contributed by atoms with Crippen LogP contribution in [-0.2, 0) is 11.2 Å². The second kappa shape index (κ2) is 4.65. The highest BCUT2D eigenvalue weighted by molar-refractivity contribution is 5.88. The maximum Gasteiger partial charge on any atom is 0.221 e. The molecule has 1 aromatic carbocycles. The van der Waals surface area contributed by atoms with Crippen LogP contribution >= 0.6 is 0 Å². The lowest BCUT2D eigenvalue weighted by molar-refractivity contribution is -0.114. The topological polar surface area (TPSA) is 29.1 Å². The van der Waals surface area contributed by atoms with Gasteiger partial charge in [0.25, 0.3) is 0 Å². The molecule has 1 aromatic rings. The highest BCUT2D eigenvalue weighted by atomic mass is 16.1. The third-order valence-electron chi connectivity index (χ3n) is 1.70. The van der Waals surface area contributed by atoms with E-state index in [9.17, 15) is 4.79 Å². The van der Waals surface area contributed by atoms with Gasteiger partial charge in [-0.05, 0) is 30.2 Å². The van der Waals surface area contributed by atoms with Crippen LogP contribution in [0.5, 0.6) is 0 Å². The molecule has 0 unspecified atom stereocenters. The van der Waals surface area contributed by atoms with E-state index < -0.39 is 0 Å². The summed E-state index contributed by atoms with van der Waals surface area (Å²) >= 11 is 0. The van der Waals surface area contributed by atoms with Gasteiger partial charge in [-0.2, -0.15) is 0 Å². The third kappa shape index (κ3) is 3.28. The second-order valence-corrected chi connectivity index (χ2v) is 3.03. The number of amides is 1. The van der Waals surface area contributed by atoms with Gasteiger partial charge in [0.1, 0.15) is 0 Å². The lowest BCUT2D eigenvalue weighted by Crippen LogP contribution is -2.05. The number of carbonyl (C=O) groups is 1. The molecular weight excluding hydrogens is 162 g/mol. The summed E-state index contributed by atoms with van der Waals surface area (Å²) in [6, 6.07) is 8.79. The molecule has 13 heavy (non-hydrogen) atoms. The first-order chi connectivity index (χ1) is 6.22. The van der Waals surface area contributed by atoms with E-state index in [0.29, 0.717) is 0 Å². The van der Waals surface area contributed by atoms with Gasteiger partial charge >= 0.3 is 0 Å². The normalized spacial score (nSPS) is 9.69. The summed E-state index contributed by atoms with van der Waals surface area (Å²) in [5.74, 6) is -0.0337. The van der Waals surface area contributed by atoms with Crippen molar-refractivity contribution in [2.45, 2.75) is 26.7 Å². The molecule has 0 bridgehead atoms. The molecule has 2 nitrogen and oxygen atoms in total. The minimum Gasteiger partial charge on any atom is -0.326 e. The number of anilines is 1. The fraction of sp³-hybridized carbons (Fsp3) is 0.364. The lowest BCUT2D eigenvalue weighted by atomic mass is 10.1. The SMILES string of the molecule is CCCc1[c]ccc(NC(C)=O)c1. The van der Waals surface area contributed by atoms with Crippen LogP contribution in [-0.4, -0.2) is 5.91 Å². The number of hydrogen-bond acceptors (Lipinski definition) is 1. The van der Waals surface area contributed by atoms with Gasteiger partial charge in [-0.1, -0.05) is 19.4 Å². The lowest BCUT2D eigenvalue weighted by Gasteiger charge is -2.03. The fourth-order valence-corrected chi connectivity index (χ4v) is 1.21. The molecule has 0 heterocycles. The molecule has 1 radical (unpaired) electrons. The summed E-state index contributed by atoms with van der Waals surface area (Å²) in [7, 11) is 0. The Bertz CT molecular complexity index is 294. The van der Waals surface area contributed by atoms with Gasteiger partial charge in [0.15, 0.2) is 0 Å². The van der Waals surface area contributed by atoms with Crippen LogP contribution in [0.25, 0.3) is 0 Å². The minimum absolute atomic E-state index is 0.0337. The zero-order valence-corrected chi connectivity index (χ0v) is 8.05. The Labute approximate surface area is 79.0 Å². The Hall–Kier alpha value is -1.31. The zero-order valence-electron chi connectivity index (χ0n) is 8.05. The van der Waals surface area contributed by atoms with Crippen LogP contribution in [0.2, 0.25) is 0 Å². The molecule has 69 valence electrons. The molecular formula is C11H14NO. The highest BCUT2D eigenvalue weighted by Gasteiger charge is 1.96. The van der Waals surface area contributed by atoms with Crippen LogP contribution in [0.15, 0.2) is 18.2 Å². The fourth-order valence-electron chi connectivity index (χ4n) is 1.21. The number of benzene rings is 1. The molecule has 0 aliphatic heterocycles. The van der Waals surface area contributed by atoms with Crippen molar-refractivity contribution in [1.82, 2.24) is 0 Å². The highest BCUT2D eigenvalue weighted by Crippen LogP contribution is 2.11. The molecule has 1 N–H and O–H groups in total. The number of carbonyl (C=O) groups excluding carboxylic acids is 1. The molecule has 0 saturated carbocycles. The van der Waals surface area contributed by atoms with Gasteiger partial charge in [-0.15, -0.1) is 0 Å². The average molecular weight is 176 g/mol. The van der Waals surface area contributed by atoms with Crippen molar-refractivity contribution in [3.8, 4) is 0 Å². The Balaban J connectivity index is 2.73. The monoisotopic (exact) mass is 176 g/mol. The first kappa shape index (κ1) is 9.78. The van der Waals surface area contributed by atoms with Crippen molar-refractivity contribution in [2.24, 2.45) is 0 Å². The number of nitrogens with one attached hydrogen (secondary N) is 1. The Morgan fingerprint density at radius 3 is 3.00 bits per heavy atom. The smallest absolute Gasteiger partial charge is 0.221 e. The molecule has 0 atom stereocenters. The van der Waals surface area contributed by atoms with Gasteiger partial charge in [-0.3, -0.25) is 4.79 Å². The van der Waals surface area contributed by atoms with E-state index >= 15 is 0 Å². The zero-order chi connectivity index (χ0) is 9.68. The molecule has 0 aliphatic carbocycles. The van der Waals surface area contributed by atoms with E-state index in [-0.39, 0.29) is 5.91 Å². The van der Waals surface area contributed by atoms with Crippen molar-refractivity contribution < 1.29 is 4.79 Å². The molecule has 1 rings (SSSR count).